The molecule has 0 spiro atoms. The maximum Gasteiger partial charge on any atom is 0.434 e. The Morgan fingerprint density at radius 3 is 2.57 bits per heavy atom. The minimum Gasteiger partial charge on any atom is -0.459 e. The molecule has 0 saturated heterocycles. The number of aromatic amines is 1. The Balaban J connectivity index is 1.97. The minimum absolute atomic E-state index is 0.0844. The first-order valence-electron chi connectivity index (χ1n) is 9.21. The maximum atomic E-state index is 12.7. The van der Waals surface area contributed by atoms with Gasteiger partial charge in [0, 0.05) is 15.4 Å². The van der Waals surface area contributed by atoms with Crippen molar-refractivity contribution in [3.63, 3.8) is 0 Å². The van der Waals surface area contributed by atoms with E-state index in [-0.39, 0.29) is 24.6 Å². The Hall–Kier alpha value is -3.52. The van der Waals surface area contributed by atoms with Crippen LogP contribution in [0.25, 0.3) is 0 Å². The molecule has 0 atom stereocenters. The zero-order chi connectivity index (χ0) is 21.7. The van der Waals surface area contributed by atoms with Gasteiger partial charge in [0.25, 0.3) is 0 Å². The summed E-state index contributed by atoms with van der Waals surface area (Å²) in [6.07, 6.45) is 1.49. The summed E-state index contributed by atoms with van der Waals surface area (Å²) in [5, 5.41) is 7.28. The van der Waals surface area contributed by atoms with Gasteiger partial charge in [0.05, 0.1) is 12.8 Å². The van der Waals surface area contributed by atoms with Crippen molar-refractivity contribution < 1.29 is 19.0 Å². The summed E-state index contributed by atoms with van der Waals surface area (Å²) in [5.41, 5.74) is 1.12. The normalized spacial score (nSPS) is 11.0. The lowest BCUT2D eigenvalue weighted by molar-refractivity contribution is -0.744. The van der Waals surface area contributed by atoms with Crippen LogP contribution >= 0.6 is 11.6 Å². The number of ketones is 1. The molecular weight excluding hydrogens is 408 g/mol. The van der Waals surface area contributed by atoms with Crippen molar-refractivity contribution >= 4 is 29.6 Å². The van der Waals surface area contributed by atoms with Gasteiger partial charge in [-0.05, 0) is 49.2 Å². The fraction of sp³-hybridized carbons (Fsp3) is 0.190. The number of Topliss-reactive ketones (excluding diaryl/α,β-unsaturated/α-hetero) is 1. The smallest absolute Gasteiger partial charge is 0.434 e. The molecule has 8 nitrogen and oxygen atoms in total. The topological polar surface area (TPSA) is 97.4 Å². The summed E-state index contributed by atoms with van der Waals surface area (Å²) in [7, 11) is 0. The molecule has 0 amide bonds. The van der Waals surface area contributed by atoms with Crippen molar-refractivity contribution in [3.05, 3.63) is 86.3 Å². The van der Waals surface area contributed by atoms with Crippen LogP contribution in [0.2, 0.25) is 5.02 Å². The first-order valence-corrected chi connectivity index (χ1v) is 9.59. The van der Waals surface area contributed by atoms with Crippen molar-refractivity contribution in [1.82, 2.24) is 10.0 Å². The van der Waals surface area contributed by atoms with E-state index in [4.69, 9.17) is 16.3 Å². The first kappa shape index (κ1) is 21.2. The van der Waals surface area contributed by atoms with Crippen LogP contribution in [0.4, 0.5) is 0 Å². The van der Waals surface area contributed by atoms with Crippen LogP contribution < -0.4 is 10.2 Å². The predicted octanol–water partition coefficient (Wildman–Crippen LogP) is 2.37. The number of aryl methyl sites for hydroxylation is 1. The first-order chi connectivity index (χ1) is 14.4. The Morgan fingerprint density at radius 2 is 1.90 bits per heavy atom. The Morgan fingerprint density at radius 1 is 1.20 bits per heavy atom. The third-order valence-corrected chi connectivity index (χ3v) is 4.57. The van der Waals surface area contributed by atoms with Crippen LogP contribution in [-0.2, 0) is 11.3 Å². The maximum absolute atomic E-state index is 12.7. The van der Waals surface area contributed by atoms with Gasteiger partial charge >= 0.3 is 17.2 Å². The number of carbonyl (C=O) groups excluding carboxylic acids is 2. The van der Waals surface area contributed by atoms with Crippen LogP contribution in [0.3, 0.4) is 0 Å². The summed E-state index contributed by atoms with van der Waals surface area (Å²) in [5.74, 6) is -1.16. The molecule has 154 valence electrons. The van der Waals surface area contributed by atoms with E-state index in [1.807, 2.05) is 31.2 Å². The number of H-pyrrole nitrogens is 1. The molecule has 0 aliphatic rings. The molecule has 0 fully saturated rings. The van der Waals surface area contributed by atoms with E-state index in [0.29, 0.717) is 10.6 Å². The van der Waals surface area contributed by atoms with E-state index in [0.717, 1.165) is 20.6 Å². The SMILES string of the molecule is CCOC(=O)c1c(=O)n(N=Cc2ccccc2C)[nH][n+]1CC(=O)c1ccc(Cl)cc1. The summed E-state index contributed by atoms with van der Waals surface area (Å²) in [4.78, 5) is 38.6. The van der Waals surface area contributed by atoms with Crippen LogP contribution in [0, 0.1) is 6.92 Å². The van der Waals surface area contributed by atoms with Gasteiger partial charge in [-0.25, -0.2) is 9.59 Å². The number of rotatable bonds is 7. The van der Waals surface area contributed by atoms with Gasteiger partial charge in [0.2, 0.25) is 5.78 Å². The van der Waals surface area contributed by atoms with Crippen LogP contribution in [0.15, 0.2) is 58.4 Å². The van der Waals surface area contributed by atoms with Gasteiger partial charge in [-0.15, -0.1) is 4.68 Å². The highest BCUT2D eigenvalue weighted by Crippen LogP contribution is 2.10. The number of hydrogen-bond acceptors (Lipinski definition) is 5. The molecule has 0 radical (unpaired) electrons. The molecule has 1 N–H and O–H groups in total. The second-order valence-corrected chi connectivity index (χ2v) is 6.84. The van der Waals surface area contributed by atoms with E-state index in [9.17, 15) is 14.4 Å². The highest BCUT2D eigenvalue weighted by molar-refractivity contribution is 6.30. The number of esters is 1. The number of nitrogens with zero attached hydrogens (tertiary/aromatic N) is 3. The second-order valence-electron chi connectivity index (χ2n) is 6.40. The molecule has 0 bridgehead atoms. The van der Waals surface area contributed by atoms with E-state index in [1.165, 1.54) is 6.21 Å². The molecule has 3 aromatic rings. The lowest BCUT2D eigenvalue weighted by atomic mass is 10.1. The zero-order valence-corrected chi connectivity index (χ0v) is 17.2. The van der Waals surface area contributed by atoms with E-state index in [1.54, 1.807) is 31.2 Å². The lowest BCUT2D eigenvalue weighted by Gasteiger charge is -2.01. The largest absolute Gasteiger partial charge is 0.459 e. The summed E-state index contributed by atoms with van der Waals surface area (Å²) in [6.45, 7) is 3.34. The molecule has 1 aromatic heterocycles. The fourth-order valence-corrected chi connectivity index (χ4v) is 2.86. The quantitative estimate of drug-likeness (QED) is 0.271. The molecule has 0 aliphatic carbocycles. The number of ether oxygens (including phenoxy) is 1. The molecule has 3 rings (SSSR count). The number of halogens is 1. The molecule has 2 aromatic carbocycles. The second kappa shape index (κ2) is 9.32. The van der Waals surface area contributed by atoms with E-state index < -0.39 is 11.5 Å². The molecule has 30 heavy (non-hydrogen) atoms. The van der Waals surface area contributed by atoms with Crippen LogP contribution in [-0.4, -0.2) is 34.6 Å². The Kier molecular flexibility index (Phi) is 6.58. The molecule has 0 unspecified atom stereocenters. The summed E-state index contributed by atoms with van der Waals surface area (Å²) in [6, 6.07) is 13.8. The third kappa shape index (κ3) is 4.72. The zero-order valence-electron chi connectivity index (χ0n) is 16.5. The third-order valence-electron chi connectivity index (χ3n) is 4.32. The Bertz CT molecular complexity index is 1160. The van der Waals surface area contributed by atoms with Gasteiger partial charge in [-0.1, -0.05) is 46.2 Å². The Labute approximate surface area is 177 Å². The van der Waals surface area contributed by atoms with Gasteiger partial charge in [-0.2, -0.15) is 0 Å². The van der Waals surface area contributed by atoms with Crippen molar-refractivity contribution in [2.45, 2.75) is 20.4 Å². The van der Waals surface area contributed by atoms with Gasteiger partial charge in [0.1, 0.15) is 0 Å². The number of hydrogen-bond donors (Lipinski definition) is 1. The molecular formula is C21H20ClN4O4+. The molecule has 0 aliphatic heterocycles. The van der Waals surface area contributed by atoms with E-state index in [2.05, 4.69) is 10.3 Å². The standard InChI is InChI=1S/C21H19ClN4O4/c1-3-30-21(29)19-20(28)26(23-12-16-7-5-4-6-14(16)2)24-25(19)13-18(27)15-8-10-17(22)11-9-15/h4-12H,3,13H2,1-2H3/p+1. The van der Waals surface area contributed by atoms with Gasteiger partial charge in [-0.3, -0.25) is 4.79 Å². The summed E-state index contributed by atoms with van der Waals surface area (Å²) >= 11 is 5.85. The number of carbonyl (C=O) groups is 2. The highest BCUT2D eigenvalue weighted by atomic mass is 35.5. The van der Waals surface area contributed by atoms with E-state index >= 15 is 0 Å². The van der Waals surface area contributed by atoms with Crippen molar-refractivity contribution in [1.29, 1.82) is 0 Å². The number of aromatic nitrogens is 3. The molecule has 1 heterocycles. The summed E-state index contributed by atoms with van der Waals surface area (Å²) < 4.78 is 6.11. The van der Waals surface area contributed by atoms with Gasteiger partial charge in [0.15, 0.2) is 6.54 Å². The van der Waals surface area contributed by atoms with Gasteiger partial charge < -0.3 is 4.74 Å². The van der Waals surface area contributed by atoms with Crippen molar-refractivity contribution in [2.24, 2.45) is 5.10 Å². The average molecular weight is 428 g/mol. The highest BCUT2D eigenvalue weighted by Gasteiger charge is 2.31. The predicted molar refractivity (Wildman–Crippen MR) is 111 cm³/mol. The van der Waals surface area contributed by atoms with Crippen molar-refractivity contribution in [2.75, 3.05) is 6.61 Å². The average Bonchev–Trinajstić information content (AvgIpc) is 3.03. The van der Waals surface area contributed by atoms with Crippen LogP contribution in [0.1, 0.15) is 38.9 Å². The van der Waals surface area contributed by atoms with Crippen molar-refractivity contribution in [3.8, 4) is 0 Å². The minimum atomic E-state index is -0.840. The van der Waals surface area contributed by atoms with Crippen LogP contribution in [0.5, 0.6) is 0 Å². The number of benzene rings is 2. The fourth-order valence-electron chi connectivity index (χ4n) is 2.74. The molecule has 0 saturated carbocycles. The lowest BCUT2D eigenvalue weighted by Crippen LogP contribution is -2.46. The number of nitrogens with one attached hydrogen (secondary N) is 1. The monoisotopic (exact) mass is 427 g/mol. The molecule has 9 heteroatoms.